The number of methoxy groups -OCH3 is 1. The van der Waals surface area contributed by atoms with Gasteiger partial charge in [0.15, 0.2) is 6.23 Å². The van der Waals surface area contributed by atoms with E-state index in [0.717, 1.165) is 51.4 Å². The molecule has 0 radical (unpaired) electrons. The topological polar surface area (TPSA) is 108 Å². The third-order valence-corrected chi connectivity index (χ3v) is 10.3. The van der Waals surface area contributed by atoms with Crippen LogP contribution in [0.2, 0.25) is 0 Å². The molecule has 1 fully saturated rings. The minimum atomic E-state index is -0.996. The predicted octanol–water partition coefficient (Wildman–Crippen LogP) is 1.01. The number of aliphatic hydroxyl groups excluding tert-OH is 2. The minimum Gasteiger partial charge on any atom is -0.394 e. The molecule has 11 heteroatoms. The second-order valence-corrected chi connectivity index (χ2v) is 12.0. The van der Waals surface area contributed by atoms with Gasteiger partial charge in [-0.25, -0.2) is 0 Å². The average Bonchev–Trinajstić information content (AvgIpc) is 3.63. The Morgan fingerprint density at radius 1 is 1.11 bits per heavy atom. The molecule has 1 unspecified atom stereocenters. The first-order valence-corrected chi connectivity index (χ1v) is 15.3. The lowest BCUT2D eigenvalue weighted by molar-refractivity contribution is -0.219. The van der Waals surface area contributed by atoms with Crippen LogP contribution in [0.3, 0.4) is 0 Å². The van der Waals surface area contributed by atoms with Gasteiger partial charge in [-0.15, -0.1) is 12.4 Å². The molecule has 6 atom stereocenters. The Kier molecular flexibility index (Phi) is 7.15. The predicted molar refractivity (Wildman–Crippen MR) is 168 cm³/mol. The Balaban J connectivity index is 0.00000312. The number of amides is 2. The number of anilines is 1. The molecule has 44 heavy (non-hydrogen) atoms. The lowest BCUT2D eigenvalue weighted by Crippen LogP contribution is -2.66. The maximum absolute atomic E-state index is 14.4. The first kappa shape index (κ1) is 29.5. The Labute approximate surface area is 261 Å². The largest absolute Gasteiger partial charge is 0.394 e. The lowest BCUT2D eigenvalue weighted by atomic mass is 9.90. The number of likely N-dealkylation sites (N-methyl/N-ethyl adjacent to an activating group) is 1. The number of fused-ring (bicyclic) bond motifs is 11. The van der Waals surface area contributed by atoms with Gasteiger partial charge < -0.3 is 34.1 Å². The summed E-state index contributed by atoms with van der Waals surface area (Å²) in [6.07, 6.45) is 11.6. The molecule has 2 N–H and O–H groups in total. The van der Waals surface area contributed by atoms with Gasteiger partial charge in [-0.05, 0) is 36.7 Å². The van der Waals surface area contributed by atoms with Crippen molar-refractivity contribution in [3.63, 3.8) is 0 Å². The molecule has 1 aromatic heterocycles. The second-order valence-electron chi connectivity index (χ2n) is 12.0. The highest BCUT2D eigenvalue weighted by Gasteiger charge is 2.56. The molecule has 232 valence electrons. The van der Waals surface area contributed by atoms with E-state index < -0.39 is 30.6 Å². The first-order valence-electron chi connectivity index (χ1n) is 15.3. The van der Waals surface area contributed by atoms with Crippen molar-refractivity contribution in [2.75, 3.05) is 44.8 Å². The Morgan fingerprint density at radius 3 is 2.61 bits per heavy atom. The number of hydrogen-bond acceptors (Lipinski definition) is 8. The van der Waals surface area contributed by atoms with Crippen molar-refractivity contribution in [2.24, 2.45) is 0 Å². The molecule has 2 amide bonds. The molecule has 4 aliphatic heterocycles. The number of aliphatic hydroxyl groups is 2. The second kappa shape index (κ2) is 10.7. The van der Waals surface area contributed by atoms with Crippen LogP contribution in [-0.4, -0.2) is 107 Å². The first-order chi connectivity index (χ1) is 21.0. The molecule has 1 aromatic carbocycles. The number of ether oxygens (including phenoxy) is 2. The van der Waals surface area contributed by atoms with Gasteiger partial charge in [0, 0.05) is 36.2 Å². The molecule has 0 saturated carbocycles. The summed E-state index contributed by atoms with van der Waals surface area (Å²) < 4.78 is 14.4. The fraction of sp³-hybridized carbons (Fsp3) is 0.455. The van der Waals surface area contributed by atoms with Crippen molar-refractivity contribution in [1.82, 2.24) is 14.4 Å². The summed E-state index contributed by atoms with van der Waals surface area (Å²) in [6.45, 7) is 6.46. The SMILES string of the molecule is CCN(CC)CCN1C(=O)c2c(c3c4c(n5c3c3c2=C2C=CC=CC2N3[C@H]2[C@@H](O)[C@H](OC)[C@@H](CO)O[C@H]25)=CC=CC4)C1=O.Cl. The quantitative estimate of drug-likeness (QED) is 0.442. The maximum atomic E-state index is 14.4. The zero-order valence-electron chi connectivity index (χ0n) is 25.0. The lowest BCUT2D eigenvalue weighted by Gasteiger charge is -2.52. The molecular formula is C33H37ClN4O6. The van der Waals surface area contributed by atoms with Crippen LogP contribution in [0.5, 0.6) is 0 Å². The van der Waals surface area contributed by atoms with E-state index in [2.05, 4.69) is 40.4 Å². The summed E-state index contributed by atoms with van der Waals surface area (Å²) in [4.78, 5) is 34.5. The van der Waals surface area contributed by atoms with E-state index in [9.17, 15) is 19.8 Å². The van der Waals surface area contributed by atoms with E-state index in [-0.39, 0.29) is 36.9 Å². The number of hydrogen-bond donors (Lipinski definition) is 2. The third kappa shape index (κ3) is 3.61. The number of aromatic nitrogens is 1. The van der Waals surface area contributed by atoms with E-state index in [1.165, 1.54) is 12.0 Å². The molecule has 2 aliphatic carbocycles. The summed E-state index contributed by atoms with van der Waals surface area (Å²) >= 11 is 0. The number of nitrogens with zero attached hydrogens (tertiary/aromatic N) is 4. The number of benzene rings is 1. The number of halogens is 1. The Hall–Kier alpha value is -3.25. The fourth-order valence-corrected chi connectivity index (χ4v) is 8.30. The van der Waals surface area contributed by atoms with Crippen molar-refractivity contribution in [2.45, 2.75) is 56.9 Å². The summed E-state index contributed by atoms with van der Waals surface area (Å²) in [5.41, 5.74) is 4.53. The summed E-state index contributed by atoms with van der Waals surface area (Å²) in [7, 11) is 1.52. The van der Waals surface area contributed by atoms with Gasteiger partial charge in [-0.3, -0.25) is 14.5 Å². The number of carbonyl (C=O) groups excluding carboxylic acids is 2. The average molecular weight is 621 g/mol. The molecule has 5 heterocycles. The standard InChI is InChI=1S/C33H36N4O6.ClH/c1-4-34(5-2)14-15-35-31(40)24-22-17-10-6-8-12-19(17)36-26(22)27-23(25(24)32(35)41)18-11-7-9-13-20(18)37(27)33-28(36)29(39)30(42-3)21(16-38)43-33;/h6-10,12-13,19,21,28-30,33,38-39H,4-5,11,14-16H2,1-3H3;1H/t19?,21-,28+,29-,30-,33-;/m1./s1. The molecule has 8 rings (SSSR count). The number of rotatable bonds is 7. The van der Waals surface area contributed by atoms with Gasteiger partial charge in [0.1, 0.15) is 24.4 Å². The molecule has 0 spiro atoms. The highest BCUT2D eigenvalue weighted by Crippen LogP contribution is 2.50. The van der Waals surface area contributed by atoms with Crippen LogP contribution >= 0.6 is 12.4 Å². The summed E-state index contributed by atoms with van der Waals surface area (Å²) in [5, 5.41) is 24.6. The van der Waals surface area contributed by atoms with Crippen LogP contribution in [0, 0.1) is 0 Å². The molecule has 10 nitrogen and oxygen atoms in total. The van der Waals surface area contributed by atoms with Crippen molar-refractivity contribution >= 4 is 52.5 Å². The van der Waals surface area contributed by atoms with Crippen molar-refractivity contribution in [3.8, 4) is 0 Å². The van der Waals surface area contributed by atoms with Crippen molar-refractivity contribution in [3.05, 3.63) is 63.7 Å². The van der Waals surface area contributed by atoms with Crippen LogP contribution < -0.4 is 15.5 Å². The highest BCUT2D eigenvalue weighted by atomic mass is 35.5. The van der Waals surface area contributed by atoms with Crippen molar-refractivity contribution in [1.29, 1.82) is 0 Å². The van der Waals surface area contributed by atoms with Crippen LogP contribution in [0.4, 0.5) is 5.69 Å². The van der Waals surface area contributed by atoms with Crippen molar-refractivity contribution < 1.29 is 29.3 Å². The van der Waals surface area contributed by atoms with Gasteiger partial charge in [0.2, 0.25) is 0 Å². The molecule has 1 saturated heterocycles. The Morgan fingerprint density at radius 2 is 1.89 bits per heavy atom. The Bertz CT molecular complexity index is 1810. The van der Waals surface area contributed by atoms with E-state index in [4.69, 9.17) is 9.47 Å². The molecular weight excluding hydrogens is 584 g/mol. The van der Waals surface area contributed by atoms with E-state index in [1.54, 1.807) is 0 Å². The molecule has 6 aliphatic rings. The van der Waals surface area contributed by atoms with Gasteiger partial charge in [-0.2, -0.15) is 0 Å². The normalized spacial score (nSPS) is 28.8. The zero-order valence-corrected chi connectivity index (χ0v) is 25.8. The van der Waals surface area contributed by atoms with Gasteiger partial charge in [-0.1, -0.05) is 50.3 Å². The van der Waals surface area contributed by atoms with Crippen LogP contribution in [0.1, 0.15) is 46.4 Å². The van der Waals surface area contributed by atoms with E-state index in [1.807, 2.05) is 30.4 Å². The maximum Gasteiger partial charge on any atom is 0.262 e. The van der Waals surface area contributed by atoms with Gasteiger partial charge in [0.25, 0.3) is 11.8 Å². The number of carbonyl (C=O) groups is 2. The summed E-state index contributed by atoms with van der Waals surface area (Å²) in [6, 6.07) is -0.834. The van der Waals surface area contributed by atoms with Gasteiger partial charge in [0.05, 0.1) is 35.0 Å². The van der Waals surface area contributed by atoms with Crippen LogP contribution in [0.15, 0.2) is 36.5 Å². The third-order valence-electron chi connectivity index (χ3n) is 10.3. The van der Waals surface area contributed by atoms with E-state index >= 15 is 0 Å². The smallest absolute Gasteiger partial charge is 0.262 e. The highest BCUT2D eigenvalue weighted by molar-refractivity contribution is 6.29. The summed E-state index contributed by atoms with van der Waals surface area (Å²) in [5.74, 6) is -0.513. The molecule has 2 aromatic rings. The van der Waals surface area contributed by atoms with Gasteiger partial charge >= 0.3 is 0 Å². The minimum absolute atomic E-state index is 0. The number of imide groups is 1. The number of allylic oxidation sites excluding steroid dienone is 4. The fourth-order valence-electron chi connectivity index (χ4n) is 8.30. The monoisotopic (exact) mass is 620 g/mol. The van der Waals surface area contributed by atoms with Crippen LogP contribution in [-0.2, 0) is 15.9 Å². The molecule has 0 bridgehead atoms. The van der Waals surface area contributed by atoms with E-state index in [0.29, 0.717) is 30.6 Å². The van der Waals surface area contributed by atoms with Crippen LogP contribution in [0.25, 0.3) is 22.6 Å². The zero-order chi connectivity index (χ0) is 29.7.